The lowest BCUT2D eigenvalue weighted by Gasteiger charge is -2.12. The van der Waals surface area contributed by atoms with Crippen LogP contribution in [0.25, 0.3) is 72.2 Å². The van der Waals surface area contributed by atoms with Crippen LogP contribution in [0.4, 0.5) is 0 Å². The molecule has 3 aromatic heterocycles. The predicted molar refractivity (Wildman–Crippen MR) is 180 cm³/mol. The molecule has 0 radical (unpaired) electrons. The first kappa shape index (κ1) is 24.8. The fraction of sp³-hybridized carbons (Fsp3) is 0.0513. The number of nitrogens with zero attached hydrogens (tertiary/aromatic N) is 5. The average molecular weight is 566 g/mol. The first-order valence-electron chi connectivity index (χ1n) is 15.0. The highest BCUT2D eigenvalue weighted by Crippen LogP contribution is 2.41. The Hall–Kier alpha value is -5.81. The number of fused-ring (bicyclic) bond motifs is 7. The number of allylic oxidation sites excluding steroid dienone is 4. The van der Waals surface area contributed by atoms with E-state index in [9.17, 15) is 0 Å². The van der Waals surface area contributed by atoms with Gasteiger partial charge in [0.05, 0.1) is 22.1 Å². The summed E-state index contributed by atoms with van der Waals surface area (Å²) >= 11 is 0. The third-order valence-corrected chi connectivity index (χ3v) is 8.59. The minimum absolute atomic E-state index is 0.613. The van der Waals surface area contributed by atoms with Crippen molar-refractivity contribution < 1.29 is 0 Å². The zero-order valence-corrected chi connectivity index (χ0v) is 23.9. The third-order valence-electron chi connectivity index (χ3n) is 8.59. The van der Waals surface area contributed by atoms with Crippen LogP contribution >= 0.6 is 0 Å². The molecule has 44 heavy (non-hydrogen) atoms. The van der Waals surface area contributed by atoms with Crippen molar-refractivity contribution in [2.75, 3.05) is 0 Å². The number of benzene rings is 5. The summed E-state index contributed by atoms with van der Waals surface area (Å²) in [4.78, 5) is 15.2. The summed E-state index contributed by atoms with van der Waals surface area (Å²) in [5.41, 5.74) is 7.61. The number of hydrogen-bond acceptors (Lipinski definition) is 3. The summed E-state index contributed by atoms with van der Waals surface area (Å²) in [5, 5.41) is 4.79. The number of rotatable bonds is 4. The van der Waals surface area contributed by atoms with Gasteiger partial charge in [-0.25, -0.2) is 4.98 Å². The van der Waals surface area contributed by atoms with Crippen molar-refractivity contribution in [1.29, 1.82) is 0 Å². The van der Waals surface area contributed by atoms with Crippen molar-refractivity contribution in [3.05, 3.63) is 145 Å². The summed E-state index contributed by atoms with van der Waals surface area (Å²) < 4.78 is 4.61. The molecule has 0 unspecified atom stereocenters. The van der Waals surface area contributed by atoms with E-state index >= 15 is 0 Å². The van der Waals surface area contributed by atoms with E-state index in [0.717, 1.165) is 46.1 Å². The Kier molecular flexibility index (Phi) is 5.56. The fourth-order valence-corrected chi connectivity index (χ4v) is 6.66. The normalized spacial score (nSPS) is 13.3. The van der Waals surface area contributed by atoms with Crippen LogP contribution in [0, 0.1) is 0 Å². The van der Waals surface area contributed by atoms with Crippen LogP contribution in [0.2, 0.25) is 0 Å². The fourth-order valence-electron chi connectivity index (χ4n) is 6.66. The molecule has 0 saturated carbocycles. The van der Waals surface area contributed by atoms with Crippen molar-refractivity contribution in [1.82, 2.24) is 24.1 Å². The van der Waals surface area contributed by atoms with Crippen LogP contribution < -0.4 is 0 Å². The molecule has 1 aliphatic carbocycles. The summed E-state index contributed by atoms with van der Waals surface area (Å²) in [5.74, 6) is 1.97. The van der Waals surface area contributed by atoms with E-state index in [-0.39, 0.29) is 0 Å². The Morgan fingerprint density at radius 1 is 0.500 bits per heavy atom. The first-order chi connectivity index (χ1) is 21.8. The van der Waals surface area contributed by atoms with Crippen LogP contribution in [-0.4, -0.2) is 24.1 Å². The predicted octanol–water partition coefficient (Wildman–Crippen LogP) is 9.47. The highest BCUT2D eigenvalue weighted by molar-refractivity contribution is 6.26. The van der Waals surface area contributed by atoms with Gasteiger partial charge in [-0.3, -0.25) is 4.57 Å². The molecular formula is C39H27N5. The molecule has 5 nitrogen and oxygen atoms in total. The van der Waals surface area contributed by atoms with Gasteiger partial charge in [-0.2, -0.15) is 9.97 Å². The number of para-hydroxylation sites is 3. The van der Waals surface area contributed by atoms with E-state index in [1.54, 1.807) is 0 Å². The summed E-state index contributed by atoms with van der Waals surface area (Å²) in [6.07, 6.45) is 8.56. The number of hydrogen-bond donors (Lipinski definition) is 0. The molecule has 8 aromatic rings. The van der Waals surface area contributed by atoms with Gasteiger partial charge in [-0.1, -0.05) is 109 Å². The Bertz CT molecular complexity index is 2430. The van der Waals surface area contributed by atoms with Gasteiger partial charge in [0.15, 0.2) is 11.6 Å². The van der Waals surface area contributed by atoms with Crippen LogP contribution in [-0.2, 0) is 0 Å². The molecule has 1 aliphatic rings. The molecule has 0 N–H and O–H groups in total. The van der Waals surface area contributed by atoms with Gasteiger partial charge >= 0.3 is 0 Å². The molecule has 0 amide bonds. The van der Waals surface area contributed by atoms with Crippen LogP contribution in [0.15, 0.2) is 140 Å². The second-order valence-corrected chi connectivity index (χ2v) is 11.2. The zero-order chi connectivity index (χ0) is 29.0. The maximum Gasteiger partial charge on any atom is 0.238 e. The van der Waals surface area contributed by atoms with Gasteiger partial charge in [0.2, 0.25) is 5.95 Å². The second kappa shape index (κ2) is 9.89. The molecule has 0 saturated heterocycles. The molecule has 3 heterocycles. The summed E-state index contributed by atoms with van der Waals surface area (Å²) in [7, 11) is 0. The smallest absolute Gasteiger partial charge is 0.238 e. The van der Waals surface area contributed by atoms with Gasteiger partial charge in [-0.15, -0.1) is 0 Å². The SMILES string of the molecule is C1=CC(c2nc(-c3ccccc3)nc(-n3c4ccccc4c4c3ccc3c5ccccc5n(-c5ccccc5)c34)n2)=CCC1. The van der Waals surface area contributed by atoms with Crippen molar-refractivity contribution in [2.24, 2.45) is 0 Å². The molecule has 0 aliphatic heterocycles. The molecule has 5 heteroatoms. The zero-order valence-electron chi connectivity index (χ0n) is 23.9. The van der Waals surface area contributed by atoms with E-state index < -0.39 is 0 Å². The Morgan fingerprint density at radius 2 is 1.18 bits per heavy atom. The average Bonchev–Trinajstić information content (AvgIpc) is 3.62. The summed E-state index contributed by atoms with van der Waals surface area (Å²) in [6.45, 7) is 0. The Morgan fingerprint density at radius 3 is 1.95 bits per heavy atom. The van der Waals surface area contributed by atoms with Crippen molar-refractivity contribution in [3.63, 3.8) is 0 Å². The topological polar surface area (TPSA) is 48.5 Å². The van der Waals surface area contributed by atoms with Crippen molar-refractivity contribution in [3.8, 4) is 23.0 Å². The third kappa shape index (κ3) is 3.76. The molecule has 0 bridgehead atoms. The van der Waals surface area contributed by atoms with E-state index in [2.05, 4.69) is 130 Å². The molecule has 0 fully saturated rings. The van der Waals surface area contributed by atoms with Gasteiger partial charge in [0, 0.05) is 38.4 Å². The lowest BCUT2D eigenvalue weighted by molar-refractivity contribution is 0.928. The lowest BCUT2D eigenvalue weighted by atomic mass is 10.1. The highest BCUT2D eigenvalue weighted by Gasteiger charge is 2.22. The maximum absolute atomic E-state index is 5.14. The van der Waals surface area contributed by atoms with Crippen LogP contribution in [0.1, 0.15) is 18.7 Å². The molecular weight excluding hydrogens is 538 g/mol. The van der Waals surface area contributed by atoms with Crippen LogP contribution in [0.5, 0.6) is 0 Å². The van der Waals surface area contributed by atoms with Gasteiger partial charge in [0.25, 0.3) is 0 Å². The molecule has 208 valence electrons. The summed E-state index contributed by atoms with van der Waals surface area (Å²) in [6, 6.07) is 42.6. The van der Waals surface area contributed by atoms with Crippen molar-refractivity contribution in [2.45, 2.75) is 12.8 Å². The first-order valence-corrected chi connectivity index (χ1v) is 15.0. The van der Waals surface area contributed by atoms with Crippen molar-refractivity contribution >= 4 is 49.2 Å². The standard InChI is InChI=1S/C39H27N5/c1-4-14-26(15-5-1)37-40-38(27-16-6-2-7-17-27)42-39(41-37)44-33-23-13-11-21-31(33)35-34(44)25-24-30-29-20-10-12-22-32(29)43(36(30)35)28-18-8-3-9-19-28/h1,3-6,8-25H,2,7H2. The lowest BCUT2D eigenvalue weighted by Crippen LogP contribution is -2.08. The Balaban J connectivity index is 1.42. The van der Waals surface area contributed by atoms with E-state index in [1.165, 1.54) is 27.2 Å². The second-order valence-electron chi connectivity index (χ2n) is 11.2. The van der Waals surface area contributed by atoms with Gasteiger partial charge < -0.3 is 4.57 Å². The van der Waals surface area contributed by atoms with Crippen LogP contribution in [0.3, 0.4) is 0 Å². The molecule has 5 aromatic carbocycles. The maximum atomic E-state index is 5.14. The minimum atomic E-state index is 0.613. The Labute approximate surface area is 254 Å². The van der Waals surface area contributed by atoms with E-state index in [1.807, 2.05) is 18.2 Å². The number of aromatic nitrogens is 5. The minimum Gasteiger partial charge on any atom is -0.309 e. The van der Waals surface area contributed by atoms with E-state index in [0.29, 0.717) is 17.6 Å². The van der Waals surface area contributed by atoms with E-state index in [4.69, 9.17) is 15.0 Å². The quantitative estimate of drug-likeness (QED) is 0.214. The molecule has 0 atom stereocenters. The molecule has 9 rings (SSSR count). The monoisotopic (exact) mass is 565 g/mol. The molecule has 0 spiro atoms. The highest BCUT2D eigenvalue weighted by atomic mass is 15.2. The van der Waals surface area contributed by atoms with Gasteiger partial charge in [-0.05, 0) is 43.2 Å². The van der Waals surface area contributed by atoms with Gasteiger partial charge in [0.1, 0.15) is 0 Å². The largest absolute Gasteiger partial charge is 0.309 e.